The molecule has 4 N–H and O–H groups in total. The van der Waals surface area contributed by atoms with Gasteiger partial charge in [-0.25, -0.2) is 17.8 Å². The first kappa shape index (κ1) is 25.5. The molecular formula is C20H22F4N4O2S2. The molecule has 0 radical (unpaired) electrons. The predicted octanol–water partition coefficient (Wildman–Crippen LogP) is 3.74. The van der Waals surface area contributed by atoms with Crippen LogP contribution in [0.15, 0.2) is 40.9 Å². The highest BCUT2D eigenvalue weighted by Crippen LogP contribution is 2.38. The first-order valence-corrected chi connectivity index (χ1v) is 11.5. The molecule has 1 heterocycles. The van der Waals surface area contributed by atoms with Crippen molar-refractivity contribution in [1.82, 2.24) is 10.3 Å². The molecule has 12 heteroatoms. The van der Waals surface area contributed by atoms with Crippen LogP contribution in [-0.4, -0.2) is 44.4 Å². The van der Waals surface area contributed by atoms with Crippen LogP contribution < -0.4 is 16.4 Å². The largest absolute Gasteiger partial charge is 0.412 e. The van der Waals surface area contributed by atoms with E-state index >= 15 is 0 Å². The molecule has 0 spiro atoms. The predicted molar refractivity (Wildman–Crippen MR) is 121 cm³/mol. The number of nitrogens with one attached hydrogen (secondary N) is 2. The van der Waals surface area contributed by atoms with Crippen LogP contribution in [0.5, 0.6) is 0 Å². The zero-order chi connectivity index (χ0) is 24.3. The first-order chi connectivity index (χ1) is 14.8. The second kappa shape index (κ2) is 9.82. The molecule has 1 unspecified atom stereocenters. The number of hydrogen-bond donors (Lipinski definition) is 3. The fourth-order valence-electron chi connectivity index (χ4n) is 3.20. The van der Waals surface area contributed by atoms with E-state index in [4.69, 9.17) is 5.73 Å². The van der Waals surface area contributed by atoms with Gasteiger partial charge in [0.1, 0.15) is 17.7 Å². The summed E-state index contributed by atoms with van der Waals surface area (Å²) in [4.78, 5) is 3.91. The summed E-state index contributed by atoms with van der Waals surface area (Å²) in [7, 11) is -1.56. The lowest BCUT2D eigenvalue weighted by Crippen LogP contribution is -2.43. The van der Waals surface area contributed by atoms with Gasteiger partial charge in [-0.05, 0) is 53.8 Å². The molecule has 1 atom stereocenters. The number of thiocarbonyl (C=S) groups is 1. The maximum atomic E-state index is 13.2. The maximum Gasteiger partial charge on any atom is 0.412 e. The average Bonchev–Trinajstić information content (AvgIpc) is 3.01. The molecule has 0 bridgehead atoms. The summed E-state index contributed by atoms with van der Waals surface area (Å²) in [6.07, 6.45) is -1.92. The van der Waals surface area contributed by atoms with Gasteiger partial charge in [0.05, 0.1) is 16.1 Å². The monoisotopic (exact) mass is 490 g/mol. The minimum atomic E-state index is -4.44. The van der Waals surface area contributed by atoms with Crippen LogP contribution in [0, 0.1) is 5.82 Å². The summed E-state index contributed by atoms with van der Waals surface area (Å²) < 4.78 is 74.4. The molecule has 2 aromatic rings. The summed E-state index contributed by atoms with van der Waals surface area (Å²) in [6.45, 7) is 1.57. The maximum absolute atomic E-state index is 13.2. The van der Waals surface area contributed by atoms with Gasteiger partial charge in [0.2, 0.25) is 0 Å². The van der Waals surface area contributed by atoms with Crippen LogP contribution in [0.1, 0.15) is 18.1 Å². The SMILES string of the molecule is CC1=C(C(NC=S)C(F)(F)F)Cc2ccc(F)cc21.CNc1cc(S(C)(=O)=O)cnc1N. The van der Waals surface area contributed by atoms with Crippen LogP contribution in [0.4, 0.5) is 29.1 Å². The zero-order valence-corrected chi connectivity index (χ0v) is 19.1. The van der Waals surface area contributed by atoms with Gasteiger partial charge in [-0.1, -0.05) is 18.3 Å². The molecular weight excluding hydrogens is 468 g/mol. The van der Waals surface area contributed by atoms with Crippen LogP contribution in [0.2, 0.25) is 0 Å². The molecule has 174 valence electrons. The number of rotatable bonds is 5. The van der Waals surface area contributed by atoms with Crippen molar-refractivity contribution >= 4 is 44.6 Å². The smallest absolute Gasteiger partial charge is 0.385 e. The van der Waals surface area contributed by atoms with Crippen molar-refractivity contribution in [1.29, 1.82) is 0 Å². The molecule has 1 aliphatic carbocycles. The number of hydrogen-bond acceptors (Lipinski definition) is 6. The Balaban J connectivity index is 0.000000244. The Bertz CT molecular complexity index is 1150. The molecule has 1 aromatic heterocycles. The van der Waals surface area contributed by atoms with Crippen molar-refractivity contribution in [2.45, 2.75) is 30.5 Å². The van der Waals surface area contributed by atoms with Crippen molar-refractivity contribution in [3.05, 3.63) is 53.0 Å². The lowest BCUT2D eigenvalue weighted by molar-refractivity contribution is -0.143. The van der Waals surface area contributed by atoms with Gasteiger partial charge < -0.3 is 16.4 Å². The van der Waals surface area contributed by atoms with Gasteiger partial charge in [0.25, 0.3) is 0 Å². The minimum Gasteiger partial charge on any atom is -0.385 e. The number of alkyl halides is 3. The molecule has 32 heavy (non-hydrogen) atoms. The van der Waals surface area contributed by atoms with E-state index in [0.717, 1.165) is 11.7 Å². The molecule has 3 rings (SSSR count). The van der Waals surface area contributed by atoms with Gasteiger partial charge in [-0.3, -0.25) is 0 Å². The highest BCUT2D eigenvalue weighted by molar-refractivity contribution is 7.90. The van der Waals surface area contributed by atoms with E-state index < -0.39 is 27.9 Å². The summed E-state index contributed by atoms with van der Waals surface area (Å²) in [5, 5.41) is 4.91. The molecule has 1 aromatic carbocycles. The summed E-state index contributed by atoms with van der Waals surface area (Å²) in [6, 6.07) is 3.68. The van der Waals surface area contributed by atoms with Crippen LogP contribution >= 0.6 is 12.2 Å². The van der Waals surface area contributed by atoms with Crippen molar-refractivity contribution < 1.29 is 26.0 Å². The quantitative estimate of drug-likeness (QED) is 0.434. The lowest BCUT2D eigenvalue weighted by atomic mass is 10.0. The topological polar surface area (TPSA) is 97.1 Å². The van der Waals surface area contributed by atoms with Crippen LogP contribution in [-0.2, 0) is 16.3 Å². The van der Waals surface area contributed by atoms with E-state index in [9.17, 15) is 26.0 Å². The number of aromatic nitrogens is 1. The van der Waals surface area contributed by atoms with E-state index in [1.165, 1.54) is 30.5 Å². The van der Waals surface area contributed by atoms with E-state index in [0.29, 0.717) is 22.4 Å². The Labute approximate surface area is 188 Å². The van der Waals surface area contributed by atoms with Crippen molar-refractivity contribution in [3.63, 3.8) is 0 Å². The first-order valence-electron chi connectivity index (χ1n) is 9.17. The van der Waals surface area contributed by atoms with Crippen molar-refractivity contribution in [2.24, 2.45) is 0 Å². The van der Waals surface area contributed by atoms with E-state index in [2.05, 4.69) is 27.8 Å². The number of anilines is 2. The Morgan fingerprint density at radius 3 is 2.47 bits per heavy atom. The fourth-order valence-corrected chi connectivity index (χ4v) is 3.91. The normalized spacial score (nSPS) is 14.2. The fraction of sp³-hybridized carbons (Fsp3) is 0.300. The van der Waals surface area contributed by atoms with Gasteiger partial charge in [-0.15, -0.1) is 0 Å². The molecule has 1 aliphatic rings. The second-order valence-corrected chi connectivity index (χ2v) is 9.27. The van der Waals surface area contributed by atoms with Crippen LogP contribution in [0.25, 0.3) is 5.57 Å². The zero-order valence-electron chi connectivity index (χ0n) is 17.4. The number of allylic oxidation sites excluding steroid dienone is 1. The number of benzene rings is 1. The summed E-state index contributed by atoms with van der Waals surface area (Å²) in [5.74, 6) is -0.166. The number of sulfone groups is 1. The second-order valence-electron chi connectivity index (χ2n) is 7.01. The van der Waals surface area contributed by atoms with Gasteiger partial charge in [0, 0.05) is 19.5 Å². The van der Waals surface area contributed by atoms with E-state index in [1.807, 2.05) is 0 Å². The number of pyridine rings is 1. The summed E-state index contributed by atoms with van der Waals surface area (Å²) in [5.41, 5.74) is 8.74. The average molecular weight is 491 g/mol. The number of halogens is 4. The highest BCUT2D eigenvalue weighted by atomic mass is 32.2. The Morgan fingerprint density at radius 1 is 1.28 bits per heavy atom. The molecule has 0 aliphatic heterocycles. The number of nitrogens with zero attached hydrogens (tertiary/aromatic N) is 1. The third-order valence-electron chi connectivity index (χ3n) is 4.84. The Kier molecular flexibility index (Phi) is 7.83. The molecule has 0 saturated heterocycles. The van der Waals surface area contributed by atoms with Gasteiger partial charge >= 0.3 is 6.18 Å². The molecule has 0 saturated carbocycles. The third-order valence-corrected chi connectivity index (χ3v) is 6.06. The number of fused-ring (bicyclic) bond motifs is 1. The Morgan fingerprint density at radius 2 is 1.94 bits per heavy atom. The van der Waals surface area contributed by atoms with Gasteiger partial charge in [0.15, 0.2) is 9.84 Å². The van der Waals surface area contributed by atoms with Crippen LogP contribution in [0.3, 0.4) is 0 Å². The minimum absolute atomic E-state index is 0.155. The molecule has 0 fully saturated rings. The molecule has 6 nitrogen and oxygen atoms in total. The lowest BCUT2D eigenvalue weighted by Gasteiger charge is -2.22. The summed E-state index contributed by atoms with van der Waals surface area (Å²) >= 11 is 4.46. The standard InChI is InChI=1S/C13H11F4NS.C7H11N3O2S/c1-7-10-5-9(14)3-2-8(10)4-11(7)12(18-6-19)13(15,16)17;1-9-6-3-5(13(2,11)12)4-10-7(6)8/h2-3,5-6,12H,4H2,1H3,(H,18,19);3-4,9H,1-2H3,(H2,8,10). The van der Waals surface area contributed by atoms with Crippen molar-refractivity contribution in [3.8, 4) is 0 Å². The van der Waals surface area contributed by atoms with E-state index in [-0.39, 0.29) is 22.7 Å². The third kappa shape index (κ3) is 5.94. The number of nitrogens with two attached hydrogens (primary N) is 1. The van der Waals surface area contributed by atoms with Gasteiger partial charge in [-0.2, -0.15) is 13.2 Å². The number of nitrogen functional groups attached to an aromatic ring is 1. The van der Waals surface area contributed by atoms with Crippen molar-refractivity contribution in [2.75, 3.05) is 24.4 Å². The van der Waals surface area contributed by atoms with E-state index in [1.54, 1.807) is 14.0 Å². The Hall–Kier alpha value is -2.73. The molecule has 0 amide bonds. The highest BCUT2D eigenvalue weighted by Gasteiger charge is 2.43.